The molecular weight excluding hydrogens is 456 g/mol. The first-order valence-corrected chi connectivity index (χ1v) is 14.6. The molecule has 4 N–H and O–H groups in total. The predicted molar refractivity (Wildman–Crippen MR) is 149 cm³/mol. The highest BCUT2D eigenvalue weighted by atomic mass is 16.3. The maximum atomic E-state index is 12.5. The maximum Gasteiger partial charge on any atom is 0.221 e. The van der Waals surface area contributed by atoms with Crippen molar-refractivity contribution in [2.24, 2.45) is 0 Å². The Morgan fingerprint density at radius 3 is 1.64 bits per heavy atom. The van der Waals surface area contributed by atoms with Crippen LogP contribution < -0.4 is 10.6 Å². The fourth-order valence-corrected chi connectivity index (χ4v) is 4.47. The Morgan fingerprint density at radius 2 is 1.14 bits per heavy atom. The number of nitrogens with zero attached hydrogens (tertiary/aromatic N) is 2. The Labute approximate surface area is 221 Å². The van der Waals surface area contributed by atoms with Crippen molar-refractivity contribution in [1.29, 1.82) is 0 Å². The average Bonchev–Trinajstić information content (AvgIpc) is 2.86. The highest BCUT2D eigenvalue weighted by Gasteiger charge is 2.13. The number of carbonyl (C=O) groups is 2. The van der Waals surface area contributed by atoms with Gasteiger partial charge in [-0.2, -0.15) is 0 Å². The minimum Gasteiger partial charge on any atom is -0.395 e. The zero-order valence-corrected chi connectivity index (χ0v) is 23.7. The summed E-state index contributed by atoms with van der Waals surface area (Å²) >= 11 is 0. The van der Waals surface area contributed by atoms with Crippen LogP contribution in [-0.2, 0) is 9.59 Å². The standard InChI is InChI=1S/C28H58N4O4/c1-4-5-6-7-8-9-10-11-12-13-15-26(2)30-28(36)17-21-31(20-16-27(35)29-3)18-14-19-32(22-24-33)23-25-34/h26,33-34H,4-25H2,1-3H3,(H,29,35)(H,30,36). The van der Waals surface area contributed by atoms with Crippen LogP contribution in [0.5, 0.6) is 0 Å². The van der Waals surface area contributed by atoms with E-state index >= 15 is 0 Å². The van der Waals surface area contributed by atoms with Gasteiger partial charge in [0.1, 0.15) is 0 Å². The van der Waals surface area contributed by atoms with Gasteiger partial charge in [0.25, 0.3) is 0 Å². The SMILES string of the molecule is CCCCCCCCCCCCC(C)NC(=O)CCN(CCCN(CCO)CCO)CCC(=O)NC. The fourth-order valence-electron chi connectivity index (χ4n) is 4.47. The average molecular weight is 515 g/mol. The second-order valence-electron chi connectivity index (χ2n) is 10.1. The third-order valence-electron chi connectivity index (χ3n) is 6.77. The van der Waals surface area contributed by atoms with Gasteiger partial charge in [-0.1, -0.05) is 71.1 Å². The van der Waals surface area contributed by atoms with Crippen LogP contribution in [-0.4, -0.2) is 97.4 Å². The number of aliphatic hydroxyl groups is 2. The smallest absolute Gasteiger partial charge is 0.221 e. The molecule has 0 heterocycles. The van der Waals surface area contributed by atoms with E-state index < -0.39 is 0 Å². The quantitative estimate of drug-likeness (QED) is 0.132. The number of unbranched alkanes of at least 4 members (excludes halogenated alkanes) is 9. The molecule has 8 heteroatoms. The first-order valence-electron chi connectivity index (χ1n) is 14.6. The molecule has 0 aliphatic heterocycles. The zero-order chi connectivity index (χ0) is 26.9. The first kappa shape index (κ1) is 34.8. The fraction of sp³-hybridized carbons (Fsp3) is 0.929. The van der Waals surface area contributed by atoms with Crippen molar-refractivity contribution in [3.63, 3.8) is 0 Å². The van der Waals surface area contributed by atoms with E-state index in [-0.39, 0.29) is 31.1 Å². The molecule has 0 aromatic rings. The van der Waals surface area contributed by atoms with E-state index in [4.69, 9.17) is 0 Å². The molecule has 0 aliphatic rings. The molecule has 0 saturated carbocycles. The lowest BCUT2D eigenvalue weighted by atomic mass is 10.0. The molecule has 0 bridgehead atoms. The summed E-state index contributed by atoms with van der Waals surface area (Å²) in [5.74, 6) is 0.0680. The van der Waals surface area contributed by atoms with Crippen molar-refractivity contribution in [2.45, 2.75) is 110 Å². The van der Waals surface area contributed by atoms with Gasteiger partial charge in [-0.3, -0.25) is 14.5 Å². The minimum absolute atomic E-state index is 0.00301. The second-order valence-corrected chi connectivity index (χ2v) is 10.1. The largest absolute Gasteiger partial charge is 0.395 e. The number of rotatable bonds is 26. The van der Waals surface area contributed by atoms with E-state index in [2.05, 4.69) is 29.4 Å². The molecule has 2 amide bonds. The van der Waals surface area contributed by atoms with Gasteiger partial charge in [-0.25, -0.2) is 0 Å². The molecule has 1 atom stereocenters. The lowest BCUT2D eigenvalue weighted by Crippen LogP contribution is -2.38. The van der Waals surface area contributed by atoms with Gasteiger partial charge in [0.05, 0.1) is 13.2 Å². The Morgan fingerprint density at radius 1 is 0.667 bits per heavy atom. The summed E-state index contributed by atoms with van der Waals surface area (Å²) in [5, 5.41) is 24.1. The van der Waals surface area contributed by atoms with Gasteiger partial charge in [0.15, 0.2) is 0 Å². The Kier molecular flexibility index (Phi) is 24.6. The number of nitrogens with one attached hydrogen (secondary N) is 2. The van der Waals surface area contributed by atoms with Crippen LogP contribution in [0.25, 0.3) is 0 Å². The van der Waals surface area contributed by atoms with Gasteiger partial charge in [0.2, 0.25) is 11.8 Å². The number of hydrogen-bond donors (Lipinski definition) is 4. The maximum absolute atomic E-state index is 12.5. The van der Waals surface area contributed by atoms with Gasteiger partial charge in [0, 0.05) is 52.1 Å². The van der Waals surface area contributed by atoms with Crippen molar-refractivity contribution >= 4 is 11.8 Å². The van der Waals surface area contributed by atoms with Crippen LogP contribution in [0, 0.1) is 0 Å². The monoisotopic (exact) mass is 514 g/mol. The number of carbonyl (C=O) groups excluding carboxylic acids is 2. The van der Waals surface area contributed by atoms with Crippen LogP contribution in [0.15, 0.2) is 0 Å². The Balaban J connectivity index is 4.16. The van der Waals surface area contributed by atoms with E-state index in [1.54, 1.807) is 7.05 Å². The van der Waals surface area contributed by atoms with Crippen LogP contribution in [0.4, 0.5) is 0 Å². The number of aliphatic hydroxyl groups excluding tert-OH is 2. The topological polar surface area (TPSA) is 105 Å². The summed E-state index contributed by atoms with van der Waals surface area (Å²) in [5.41, 5.74) is 0. The molecule has 0 radical (unpaired) electrons. The summed E-state index contributed by atoms with van der Waals surface area (Å²) in [6, 6.07) is 0.191. The first-order chi connectivity index (χ1) is 17.5. The van der Waals surface area contributed by atoms with Crippen molar-refractivity contribution < 1.29 is 19.8 Å². The van der Waals surface area contributed by atoms with Crippen LogP contribution in [0.2, 0.25) is 0 Å². The van der Waals surface area contributed by atoms with Crippen molar-refractivity contribution in [3.8, 4) is 0 Å². The minimum atomic E-state index is -0.00301. The molecule has 0 saturated heterocycles. The van der Waals surface area contributed by atoms with Crippen molar-refractivity contribution in [2.75, 3.05) is 59.5 Å². The predicted octanol–water partition coefficient (Wildman–Crippen LogP) is 3.31. The molecule has 0 rings (SSSR count). The third kappa shape index (κ3) is 22.0. The highest BCUT2D eigenvalue weighted by Crippen LogP contribution is 2.12. The van der Waals surface area contributed by atoms with Gasteiger partial charge in [-0.05, 0) is 32.9 Å². The molecule has 8 nitrogen and oxygen atoms in total. The lowest BCUT2D eigenvalue weighted by molar-refractivity contribution is -0.122. The number of amides is 2. The summed E-state index contributed by atoms with van der Waals surface area (Å²) in [6.45, 7) is 8.32. The second kappa shape index (κ2) is 25.4. The van der Waals surface area contributed by atoms with Gasteiger partial charge >= 0.3 is 0 Å². The summed E-state index contributed by atoms with van der Waals surface area (Å²) in [4.78, 5) is 28.4. The van der Waals surface area contributed by atoms with Gasteiger partial charge < -0.3 is 25.7 Å². The molecule has 0 aliphatic carbocycles. The van der Waals surface area contributed by atoms with Crippen LogP contribution >= 0.6 is 0 Å². The Hall–Kier alpha value is -1.22. The number of hydrogen-bond acceptors (Lipinski definition) is 6. The van der Waals surface area contributed by atoms with E-state index in [9.17, 15) is 19.8 Å². The highest BCUT2D eigenvalue weighted by molar-refractivity contribution is 5.76. The van der Waals surface area contributed by atoms with E-state index in [1.165, 1.54) is 57.8 Å². The van der Waals surface area contributed by atoms with Crippen molar-refractivity contribution in [1.82, 2.24) is 20.4 Å². The van der Waals surface area contributed by atoms with Crippen molar-refractivity contribution in [3.05, 3.63) is 0 Å². The Bertz CT molecular complexity index is 516. The normalized spacial score (nSPS) is 12.3. The van der Waals surface area contributed by atoms with E-state index in [0.29, 0.717) is 39.0 Å². The summed E-state index contributed by atoms with van der Waals surface area (Å²) < 4.78 is 0. The zero-order valence-electron chi connectivity index (χ0n) is 23.7. The molecule has 0 fully saturated rings. The molecule has 36 heavy (non-hydrogen) atoms. The third-order valence-corrected chi connectivity index (χ3v) is 6.77. The lowest BCUT2D eigenvalue weighted by Gasteiger charge is -2.25. The van der Waals surface area contributed by atoms with Crippen LogP contribution in [0.3, 0.4) is 0 Å². The van der Waals surface area contributed by atoms with Crippen LogP contribution in [0.1, 0.15) is 104 Å². The van der Waals surface area contributed by atoms with Gasteiger partial charge in [-0.15, -0.1) is 0 Å². The summed E-state index contributed by atoms with van der Waals surface area (Å²) in [6.07, 6.45) is 15.9. The van der Waals surface area contributed by atoms with E-state index in [0.717, 1.165) is 32.4 Å². The molecule has 0 aromatic carbocycles. The molecule has 0 spiro atoms. The molecule has 214 valence electrons. The summed E-state index contributed by atoms with van der Waals surface area (Å²) in [7, 11) is 1.64. The molecule has 0 aromatic heterocycles. The molecule has 1 unspecified atom stereocenters. The van der Waals surface area contributed by atoms with E-state index in [1.807, 2.05) is 4.90 Å². The molecular formula is C28H58N4O4.